The number of piperazine rings is 1. The first kappa shape index (κ1) is 23.8. The number of carbonyl (C=O) groups is 1. The first-order chi connectivity index (χ1) is 13.7. The number of guanidine groups is 1. The average molecular weight is 518 g/mol. The summed E-state index contributed by atoms with van der Waals surface area (Å²) in [7, 11) is 0. The lowest BCUT2D eigenvalue weighted by Crippen LogP contribution is -2.54. The highest BCUT2D eigenvalue weighted by Gasteiger charge is 2.24. The van der Waals surface area contributed by atoms with Crippen LogP contribution < -0.4 is 5.32 Å². The predicted octanol–water partition coefficient (Wildman–Crippen LogP) is 0.664. The fourth-order valence-corrected chi connectivity index (χ4v) is 3.80. The summed E-state index contributed by atoms with van der Waals surface area (Å²) < 4.78 is 2.06. The van der Waals surface area contributed by atoms with Gasteiger partial charge in [-0.3, -0.25) is 14.7 Å². The van der Waals surface area contributed by atoms with Gasteiger partial charge in [-0.25, -0.2) is 0 Å². The van der Waals surface area contributed by atoms with Gasteiger partial charge in [0.2, 0.25) is 5.91 Å². The third kappa shape index (κ3) is 6.80. The number of hydrogen-bond donors (Lipinski definition) is 1. The molecule has 3 rings (SSSR count). The number of carbonyl (C=O) groups excluding carboxylic acids is 1. The van der Waals surface area contributed by atoms with Crippen LogP contribution in [0.5, 0.6) is 0 Å². The van der Waals surface area contributed by atoms with Crippen LogP contribution in [0, 0.1) is 0 Å². The first-order valence-corrected chi connectivity index (χ1v) is 10.6. The molecule has 164 valence electrons. The Labute approximate surface area is 190 Å². The molecule has 0 radical (unpaired) electrons. The molecule has 0 bridgehead atoms. The summed E-state index contributed by atoms with van der Waals surface area (Å²) in [5.41, 5.74) is 0. The third-order valence-electron chi connectivity index (χ3n) is 5.44. The zero-order valence-electron chi connectivity index (χ0n) is 17.7. The van der Waals surface area contributed by atoms with Gasteiger partial charge >= 0.3 is 0 Å². The van der Waals surface area contributed by atoms with E-state index in [1.165, 1.54) is 0 Å². The fourth-order valence-electron chi connectivity index (χ4n) is 3.80. The quantitative estimate of drug-likeness (QED) is 0.325. The van der Waals surface area contributed by atoms with Crippen molar-refractivity contribution in [1.29, 1.82) is 0 Å². The van der Waals surface area contributed by atoms with Crippen LogP contribution in [-0.2, 0) is 17.8 Å². The lowest BCUT2D eigenvalue weighted by Gasteiger charge is -2.36. The van der Waals surface area contributed by atoms with E-state index in [2.05, 4.69) is 43.7 Å². The summed E-state index contributed by atoms with van der Waals surface area (Å²) in [6, 6.07) is 0. The predicted molar refractivity (Wildman–Crippen MR) is 125 cm³/mol. The molecule has 1 aromatic rings. The second-order valence-corrected chi connectivity index (χ2v) is 7.38. The van der Waals surface area contributed by atoms with Crippen LogP contribution in [0.1, 0.15) is 32.5 Å². The van der Waals surface area contributed by atoms with Crippen molar-refractivity contribution in [1.82, 2.24) is 34.8 Å². The molecule has 0 unspecified atom stereocenters. The van der Waals surface area contributed by atoms with Gasteiger partial charge in [-0.05, 0) is 19.8 Å². The SMILES string of the molecule is CCNC(=NCCn1cnnc1CC)N1CCN(CC(=O)N2CCCC2)CC1.I. The third-order valence-corrected chi connectivity index (χ3v) is 5.44. The van der Waals surface area contributed by atoms with E-state index >= 15 is 0 Å². The van der Waals surface area contributed by atoms with Crippen molar-refractivity contribution in [3.8, 4) is 0 Å². The van der Waals surface area contributed by atoms with Crippen LogP contribution in [0.3, 0.4) is 0 Å². The molecule has 1 amide bonds. The molecule has 0 atom stereocenters. The number of amides is 1. The number of nitrogens with zero attached hydrogens (tertiary/aromatic N) is 7. The van der Waals surface area contributed by atoms with Crippen molar-refractivity contribution >= 4 is 35.8 Å². The van der Waals surface area contributed by atoms with Crippen molar-refractivity contribution in [2.24, 2.45) is 4.99 Å². The van der Waals surface area contributed by atoms with E-state index in [9.17, 15) is 4.79 Å². The Morgan fingerprint density at radius 1 is 1.10 bits per heavy atom. The Hall–Kier alpha value is -1.43. The van der Waals surface area contributed by atoms with Gasteiger partial charge in [0, 0.05) is 58.8 Å². The molecular formula is C19H35IN8O. The normalized spacial score (nSPS) is 18.1. The number of rotatable bonds is 7. The highest BCUT2D eigenvalue weighted by Crippen LogP contribution is 2.09. The summed E-state index contributed by atoms with van der Waals surface area (Å²) in [4.78, 5) is 23.7. The molecule has 0 spiro atoms. The van der Waals surface area contributed by atoms with Gasteiger partial charge in [0.25, 0.3) is 0 Å². The zero-order valence-corrected chi connectivity index (χ0v) is 20.0. The molecule has 0 saturated carbocycles. The number of aromatic nitrogens is 3. The maximum Gasteiger partial charge on any atom is 0.236 e. The van der Waals surface area contributed by atoms with Gasteiger partial charge in [-0.1, -0.05) is 6.92 Å². The number of likely N-dealkylation sites (tertiary alicyclic amines) is 1. The van der Waals surface area contributed by atoms with E-state index in [0.29, 0.717) is 13.1 Å². The summed E-state index contributed by atoms with van der Waals surface area (Å²) in [5.74, 6) is 2.24. The maximum atomic E-state index is 12.4. The molecule has 1 aromatic heterocycles. The van der Waals surface area contributed by atoms with Crippen LogP contribution in [0.25, 0.3) is 0 Å². The molecule has 3 heterocycles. The Kier molecular flexibility index (Phi) is 10.1. The van der Waals surface area contributed by atoms with Crippen molar-refractivity contribution in [3.05, 3.63) is 12.2 Å². The number of hydrogen-bond acceptors (Lipinski definition) is 5. The summed E-state index contributed by atoms with van der Waals surface area (Å²) in [5, 5.41) is 11.5. The largest absolute Gasteiger partial charge is 0.357 e. The molecule has 0 aliphatic carbocycles. The Balaban J connectivity index is 0.00000300. The average Bonchev–Trinajstić information content (AvgIpc) is 3.40. The Morgan fingerprint density at radius 3 is 2.48 bits per heavy atom. The second kappa shape index (κ2) is 12.3. The van der Waals surface area contributed by atoms with Crippen molar-refractivity contribution in [2.75, 3.05) is 58.9 Å². The van der Waals surface area contributed by atoms with Gasteiger partial charge in [-0.15, -0.1) is 34.2 Å². The maximum absolute atomic E-state index is 12.4. The van der Waals surface area contributed by atoms with Crippen LogP contribution >= 0.6 is 24.0 Å². The highest BCUT2D eigenvalue weighted by atomic mass is 127. The molecule has 2 aliphatic rings. The standard InChI is InChI=1S/C19H34N8O.HI/c1-3-17-23-22-16-27(17)10-7-21-19(20-4-2)26-13-11-24(12-14-26)15-18(28)25-8-5-6-9-25;/h16H,3-15H2,1-2H3,(H,20,21);1H. The van der Waals surface area contributed by atoms with Crippen LogP contribution in [0.4, 0.5) is 0 Å². The van der Waals surface area contributed by atoms with Gasteiger partial charge in [0.1, 0.15) is 12.2 Å². The molecular weight excluding hydrogens is 483 g/mol. The highest BCUT2D eigenvalue weighted by molar-refractivity contribution is 14.0. The minimum atomic E-state index is 0. The van der Waals surface area contributed by atoms with Gasteiger partial charge in [0.15, 0.2) is 5.96 Å². The molecule has 29 heavy (non-hydrogen) atoms. The number of halogens is 1. The van der Waals surface area contributed by atoms with Crippen molar-refractivity contribution in [3.63, 3.8) is 0 Å². The van der Waals surface area contributed by atoms with Crippen molar-refractivity contribution < 1.29 is 4.79 Å². The second-order valence-electron chi connectivity index (χ2n) is 7.38. The number of aryl methyl sites for hydroxylation is 1. The molecule has 1 N–H and O–H groups in total. The summed E-state index contributed by atoms with van der Waals surface area (Å²) >= 11 is 0. The van der Waals surface area contributed by atoms with E-state index < -0.39 is 0 Å². The van der Waals surface area contributed by atoms with E-state index in [4.69, 9.17) is 4.99 Å². The van der Waals surface area contributed by atoms with Crippen LogP contribution in [0.2, 0.25) is 0 Å². The van der Waals surface area contributed by atoms with E-state index in [0.717, 1.165) is 83.4 Å². The summed E-state index contributed by atoms with van der Waals surface area (Å²) in [6.45, 7) is 12.5. The first-order valence-electron chi connectivity index (χ1n) is 10.6. The van der Waals surface area contributed by atoms with Gasteiger partial charge < -0.3 is 19.7 Å². The molecule has 2 aliphatic heterocycles. The van der Waals surface area contributed by atoms with Gasteiger partial charge in [-0.2, -0.15) is 0 Å². The zero-order chi connectivity index (χ0) is 19.8. The fraction of sp³-hybridized carbons (Fsp3) is 0.789. The number of aliphatic imine (C=N–C) groups is 1. The minimum absolute atomic E-state index is 0. The van der Waals surface area contributed by atoms with Crippen LogP contribution in [-0.4, -0.2) is 100 Å². The molecule has 10 heteroatoms. The van der Waals surface area contributed by atoms with E-state index in [1.54, 1.807) is 6.33 Å². The molecule has 9 nitrogen and oxygen atoms in total. The monoisotopic (exact) mass is 518 g/mol. The Bertz CT molecular complexity index is 650. The Morgan fingerprint density at radius 2 is 1.83 bits per heavy atom. The summed E-state index contributed by atoms with van der Waals surface area (Å²) in [6.07, 6.45) is 4.95. The van der Waals surface area contributed by atoms with Crippen molar-refractivity contribution in [2.45, 2.75) is 39.7 Å². The van der Waals surface area contributed by atoms with E-state index in [-0.39, 0.29) is 29.9 Å². The molecule has 2 saturated heterocycles. The van der Waals surface area contributed by atoms with Crippen LogP contribution in [0.15, 0.2) is 11.3 Å². The number of nitrogens with one attached hydrogen (secondary N) is 1. The van der Waals surface area contributed by atoms with Gasteiger partial charge in [0.05, 0.1) is 13.1 Å². The molecule has 0 aromatic carbocycles. The van der Waals surface area contributed by atoms with E-state index in [1.807, 2.05) is 4.90 Å². The smallest absolute Gasteiger partial charge is 0.236 e. The lowest BCUT2D eigenvalue weighted by atomic mass is 10.3. The molecule has 2 fully saturated rings. The topological polar surface area (TPSA) is 81.9 Å². The lowest BCUT2D eigenvalue weighted by molar-refractivity contribution is -0.131. The minimum Gasteiger partial charge on any atom is -0.357 e.